The highest BCUT2D eigenvalue weighted by Crippen LogP contribution is 2.33. The summed E-state index contributed by atoms with van der Waals surface area (Å²) in [5, 5.41) is 3.45. The van der Waals surface area contributed by atoms with Gasteiger partial charge in [0.15, 0.2) is 5.13 Å². The number of nitrogens with one attached hydrogen (secondary N) is 1. The van der Waals surface area contributed by atoms with Crippen molar-refractivity contribution in [1.29, 1.82) is 0 Å². The lowest BCUT2D eigenvalue weighted by Crippen LogP contribution is -2.29. The van der Waals surface area contributed by atoms with E-state index in [-0.39, 0.29) is 18.2 Å². The highest BCUT2D eigenvalue weighted by Gasteiger charge is 2.31. The fraction of sp³-hybridized carbons (Fsp3) is 0.231. The number of rotatable bonds is 9. The van der Waals surface area contributed by atoms with Crippen molar-refractivity contribution in [3.63, 3.8) is 0 Å². The Balaban J connectivity index is 1.25. The molecule has 1 N–H and O–H groups in total. The van der Waals surface area contributed by atoms with Gasteiger partial charge in [-0.25, -0.2) is 4.98 Å². The molecule has 0 radical (unpaired) electrons. The first-order valence-corrected chi connectivity index (χ1v) is 13.1. The Hall–Kier alpha value is -3.01. The molecule has 0 aliphatic carbocycles. The molecule has 1 aliphatic rings. The molecule has 0 saturated carbocycles. The molecule has 1 fully saturated rings. The molecule has 2 heterocycles. The quantitative estimate of drug-likeness (QED) is 0.288. The highest BCUT2D eigenvalue weighted by atomic mass is 32.2. The number of thiocarbonyl (C=S) groups is 1. The minimum atomic E-state index is -0.128. The van der Waals surface area contributed by atoms with Crippen LogP contribution in [-0.2, 0) is 16.0 Å². The molecule has 3 aromatic rings. The number of aromatic nitrogens is 1. The van der Waals surface area contributed by atoms with Crippen molar-refractivity contribution in [3.05, 3.63) is 81.2 Å². The standard InChI is InChI=1S/C26H25N3O3S3/c1-17-5-7-18(8-6-17)14-21-16-27-25(34-21)28-23(30)4-3-13-29-24(31)22(35-26(29)33)15-19-9-11-20(32-2)12-10-19/h5-12,15-16H,3-4,13-14H2,1-2H3,(H,27,28,30). The Morgan fingerprint density at radius 3 is 2.63 bits per heavy atom. The van der Waals surface area contributed by atoms with Crippen molar-refractivity contribution in [2.75, 3.05) is 19.0 Å². The van der Waals surface area contributed by atoms with Gasteiger partial charge >= 0.3 is 0 Å². The molecule has 1 saturated heterocycles. The van der Waals surface area contributed by atoms with Gasteiger partial charge in [-0.05, 0) is 42.7 Å². The van der Waals surface area contributed by atoms with Gasteiger partial charge in [0.25, 0.3) is 5.91 Å². The topological polar surface area (TPSA) is 71.5 Å². The molecule has 180 valence electrons. The maximum Gasteiger partial charge on any atom is 0.266 e. The third kappa shape index (κ3) is 6.78. The van der Waals surface area contributed by atoms with Crippen LogP contribution < -0.4 is 10.1 Å². The number of hydrogen-bond acceptors (Lipinski definition) is 7. The molecule has 9 heteroatoms. The number of nitrogens with zero attached hydrogens (tertiary/aromatic N) is 2. The summed E-state index contributed by atoms with van der Waals surface area (Å²) in [6.45, 7) is 2.46. The average molecular weight is 524 g/mol. The van der Waals surface area contributed by atoms with Gasteiger partial charge in [-0.3, -0.25) is 14.5 Å². The molecule has 1 aliphatic heterocycles. The van der Waals surface area contributed by atoms with Crippen molar-refractivity contribution >= 4 is 62.7 Å². The van der Waals surface area contributed by atoms with Gasteiger partial charge in [0.05, 0.1) is 12.0 Å². The largest absolute Gasteiger partial charge is 0.497 e. The lowest BCUT2D eigenvalue weighted by molar-refractivity contribution is -0.122. The molecule has 4 rings (SSSR count). The Kier molecular flexibility index (Phi) is 8.33. The first kappa shape index (κ1) is 25.1. The first-order chi connectivity index (χ1) is 16.9. The number of benzene rings is 2. The zero-order valence-electron chi connectivity index (χ0n) is 19.4. The van der Waals surface area contributed by atoms with Crippen LogP contribution in [0.25, 0.3) is 6.08 Å². The number of ether oxygens (including phenoxy) is 1. The van der Waals surface area contributed by atoms with E-state index in [0.29, 0.717) is 27.3 Å². The fourth-order valence-electron chi connectivity index (χ4n) is 3.48. The zero-order chi connectivity index (χ0) is 24.8. The summed E-state index contributed by atoms with van der Waals surface area (Å²) in [6, 6.07) is 15.9. The van der Waals surface area contributed by atoms with Crippen LogP contribution in [0, 0.1) is 6.92 Å². The minimum Gasteiger partial charge on any atom is -0.497 e. The first-order valence-electron chi connectivity index (χ1n) is 11.1. The molecule has 35 heavy (non-hydrogen) atoms. The second-order valence-corrected chi connectivity index (χ2v) is 10.8. The number of methoxy groups -OCH3 is 1. The van der Waals surface area contributed by atoms with Crippen molar-refractivity contribution in [2.45, 2.75) is 26.2 Å². The van der Waals surface area contributed by atoms with E-state index in [2.05, 4.69) is 41.5 Å². The molecule has 0 bridgehead atoms. The molecule has 2 amide bonds. The Morgan fingerprint density at radius 1 is 1.17 bits per heavy atom. The second kappa shape index (κ2) is 11.6. The van der Waals surface area contributed by atoms with Gasteiger partial charge in [0.2, 0.25) is 5.91 Å². The van der Waals surface area contributed by atoms with Gasteiger partial charge in [-0.1, -0.05) is 65.9 Å². The Bertz CT molecular complexity index is 1250. The van der Waals surface area contributed by atoms with Crippen molar-refractivity contribution in [2.24, 2.45) is 0 Å². The van der Waals surface area contributed by atoms with E-state index in [1.165, 1.54) is 34.2 Å². The van der Waals surface area contributed by atoms with Gasteiger partial charge < -0.3 is 10.1 Å². The average Bonchev–Trinajstić information content (AvgIpc) is 3.39. The number of hydrogen-bond donors (Lipinski definition) is 1. The van der Waals surface area contributed by atoms with E-state index in [1.807, 2.05) is 30.3 Å². The molecule has 0 spiro atoms. The Labute approximate surface area is 218 Å². The van der Waals surface area contributed by atoms with Crippen LogP contribution in [0.5, 0.6) is 5.75 Å². The van der Waals surface area contributed by atoms with Crippen molar-refractivity contribution in [3.8, 4) is 5.75 Å². The predicted octanol–water partition coefficient (Wildman–Crippen LogP) is 5.67. The number of amides is 2. The van der Waals surface area contributed by atoms with Crippen LogP contribution in [0.15, 0.2) is 59.6 Å². The fourth-order valence-corrected chi connectivity index (χ4v) is 5.65. The normalized spacial score (nSPS) is 14.6. The van der Waals surface area contributed by atoms with Gasteiger partial charge in [-0.2, -0.15) is 0 Å². The van der Waals surface area contributed by atoms with Crippen LogP contribution in [0.3, 0.4) is 0 Å². The number of carbonyl (C=O) groups excluding carboxylic acids is 2. The maximum atomic E-state index is 12.8. The van der Waals surface area contributed by atoms with E-state index in [4.69, 9.17) is 17.0 Å². The number of thiazole rings is 1. The summed E-state index contributed by atoms with van der Waals surface area (Å²) >= 11 is 8.15. The monoisotopic (exact) mass is 523 g/mol. The number of aryl methyl sites for hydroxylation is 1. The van der Waals surface area contributed by atoms with Crippen LogP contribution in [0.1, 0.15) is 34.4 Å². The molecular formula is C26H25N3O3S3. The molecule has 1 aromatic heterocycles. The molecule has 6 nitrogen and oxygen atoms in total. The SMILES string of the molecule is COc1ccc(C=C2SC(=S)N(CCCC(=O)Nc3ncc(Cc4ccc(C)cc4)s3)C2=O)cc1. The van der Waals surface area contributed by atoms with Crippen molar-refractivity contribution in [1.82, 2.24) is 9.88 Å². The lowest BCUT2D eigenvalue weighted by Gasteiger charge is -2.13. The van der Waals surface area contributed by atoms with Crippen LogP contribution in [0.2, 0.25) is 0 Å². The summed E-state index contributed by atoms with van der Waals surface area (Å²) in [4.78, 5) is 32.8. The summed E-state index contributed by atoms with van der Waals surface area (Å²) < 4.78 is 5.68. The second-order valence-electron chi connectivity index (χ2n) is 8.05. The minimum absolute atomic E-state index is 0.125. The summed E-state index contributed by atoms with van der Waals surface area (Å²) in [5.74, 6) is 0.505. The molecule has 0 unspecified atom stereocenters. The van der Waals surface area contributed by atoms with E-state index in [1.54, 1.807) is 18.2 Å². The summed E-state index contributed by atoms with van der Waals surface area (Å²) in [5.41, 5.74) is 3.34. The van der Waals surface area contributed by atoms with E-state index in [9.17, 15) is 9.59 Å². The predicted molar refractivity (Wildman–Crippen MR) is 147 cm³/mol. The number of carbonyl (C=O) groups is 2. The smallest absolute Gasteiger partial charge is 0.266 e. The van der Waals surface area contributed by atoms with Gasteiger partial charge in [0, 0.05) is 30.5 Å². The van der Waals surface area contributed by atoms with E-state index >= 15 is 0 Å². The zero-order valence-corrected chi connectivity index (χ0v) is 21.9. The number of anilines is 1. The third-order valence-electron chi connectivity index (χ3n) is 5.37. The Morgan fingerprint density at radius 2 is 1.91 bits per heavy atom. The van der Waals surface area contributed by atoms with Gasteiger partial charge in [-0.15, -0.1) is 11.3 Å². The van der Waals surface area contributed by atoms with Crippen LogP contribution in [-0.4, -0.2) is 39.7 Å². The summed E-state index contributed by atoms with van der Waals surface area (Å²) in [6.07, 6.45) is 5.20. The summed E-state index contributed by atoms with van der Waals surface area (Å²) in [7, 11) is 1.61. The van der Waals surface area contributed by atoms with E-state index in [0.717, 1.165) is 22.6 Å². The maximum absolute atomic E-state index is 12.8. The highest BCUT2D eigenvalue weighted by molar-refractivity contribution is 8.26. The molecule has 2 aromatic carbocycles. The van der Waals surface area contributed by atoms with Crippen LogP contribution in [0.4, 0.5) is 5.13 Å². The van der Waals surface area contributed by atoms with Crippen molar-refractivity contribution < 1.29 is 14.3 Å². The van der Waals surface area contributed by atoms with E-state index < -0.39 is 0 Å². The van der Waals surface area contributed by atoms with Crippen LogP contribution >= 0.6 is 35.3 Å². The molecule has 0 atom stereocenters. The number of thioether (sulfide) groups is 1. The van der Waals surface area contributed by atoms with Gasteiger partial charge in [0.1, 0.15) is 10.1 Å². The lowest BCUT2D eigenvalue weighted by atomic mass is 10.1. The third-order valence-corrected chi connectivity index (χ3v) is 7.66. The molecular weight excluding hydrogens is 499 g/mol.